The first-order valence-corrected chi connectivity index (χ1v) is 5.99. The molecule has 0 fully saturated rings. The fourth-order valence-corrected chi connectivity index (χ4v) is 2.14. The Morgan fingerprint density at radius 3 is 2.53 bits per heavy atom. The molecule has 0 aliphatic carbocycles. The Bertz CT molecular complexity index is 313. The van der Waals surface area contributed by atoms with E-state index >= 15 is 0 Å². The van der Waals surface area contributed by atoms with Crippen LogP contribution in [0.25, 0.3) is 0 Å². The smallest absolute Gasteiger partial charge is 0.0305 e. The van der Waals surface area contributed by atoms with Crippen LogP contribution in [-0.4, -0.2) is 11.1 Å². The second-order valence-corrected chi connectivity index (χ2v) is 4.30. The second kappa shape index (κ2) is 5.36. The highest BCUT2D eigenvalue weighted by Gasteiger charge is 2.12. The van der Waals surface area contributed by atoms with E-state index in [0.717, 1.165) is 13.1 Å². The SMILES string of the molecule is CCNCc1cc(C)n(C(C)CC)c1C. The summed E-state index contributed by atoms with van der Waals surface area (Å²) in [7, 11) is 0. The van der Waals surface area contributed by atoms with Gasteiger partial charge >= 0.3 is 0 Å². The van der Waals surface area contributed by atoms with Gasteiger partial charge in [-0.15, -0.1) is 0 Å². The van der Waals surface area contributed by atoms with Crippen molar-refractivity contribution in [2.45, 2.75) is 53.6 Å². The van der Waals surface area contributed by atoms with E-state index in [1.165, 1.54) is 23.4 Å². The molecule has 0 bridgehead atoms. The van der Waals surface area contributed by atoms with Crippen molar-refractivity contribution >= 4 is 0 Å². The lowest BCUT2D eigenvalue weighted by Crippen LogP contribution is -2.13. The lowest BCUT2D eigenvalue weighted by atomic mass is 10.2. The first-order chi connectivity index (χ1) is 7.11. The molecule has 15 heavy (non-hydrogen) atoms. The van der Waals surface area contributed by atoms with E-state index in [4.69, 9.17) is 0 Å². The van der Waals surface area contributed by atoms with Crippen LogP contribution >= 0.6 is 0 Å². The van der Waals surface area contributed by atoms with Gasteiger partial charge in [-0.25, -0.2) is 0 Å². The van der Waals surface area contributed by atoms with E-state index in [1.54, 1.807) is 0 Å². The number of hydrogen-bond acceptors (Lipinski definition) is 1. The lowest BCUT2D eigenvalue weighted by molar-refractivity contribution is 0.510. The van der Waals surface area contributed by atoms with Crippen LogP contribution < -0.4 is 5.32 Å². The van der Waals surface area contributed by atoms with Crippen molar-refractivity contribution < 1.29 is 0 Å². The molecular weight excluding hydrogens is 184 g/mol. The lowest BCUT2D eigenvalue weighted by Gasteiger charge is -2.16. The van der Waals surface area contributed by atoms with Crippen LogP contribution in [0.15, 0.2) is 6.07 Å². The molecule has 2 nitrogen and oxygen atoms in total. The molecule has 0 amide bonds. The minimum atomic E-state index is 0.611. The van der Waals surface area contributed by atoms with Gasteiger partial charge in [-0.1, -0.05) is 13.8 Å². The van der Waals surface area contributed by atoms with Gasteiger partial charge in [-0.2, -0.15) is 0 Å². The van der Waals surface area contributed by atoms with Gasteiger partial charge in [0.1, 0.15) is 0 Å². The van der Waals surface area contributed by atoms with Crippen molar-refractivity contribution in [2.75, 3.05) is 6.54 Å². The van der Waals surface area contributed by atoms with Crippen molar-refractivity contribution in [1.82, 2.24) is 9.88 Å². The Kier molecular flexibility index (Phi) is 4.40. The van der Waals surface area contributed by atoms with Crippen molar-refractivity contribution in [2.24, 2.45) is 0 Å². The van der Waals surface area contributed by atoms with Crippen LogP contribution in [0.5, 0.6) is 0 Å². The van der Waals surface area contributed by atoms with Crippen LogP contribution in [0.3, 0.4) is 0 Å². The van der Waals surface area contributed by atoms with Crippen LogP contribution in [0, 0.1) is 13.8 Å². The topological polar surface area (TPSA) is 17.0 Å². The number of aryl methyl sites for hydroxylation is 1. The Labute approximate surface area is 93.7 Å². The predicted octanol–water partition coefficient (Wildman–Crippen LogP) is 3.19. The molecule has 0 spiro atoms. The average Bonchev–Trinajstić information content (AvgIpc) is 2.50. The Morgan fingerprint density at radius 2 is 2.00 bits per heavy atom. The Morgan fingerprint density at radius 1 is 1.33 bits per heavy atom. The number of nitrogens with one attached hydrogen (secondary N) is 1. The van der Waals surface area contributed by atoms with Gasteiger partial charge in [-0.3, -0.25) is 0 Å². The molecule has 0 saturated heterocycles. The van der Waals surface area contributed by atoms with Crippen molar-refractivity contribution in [3.05, 3.63) is 23.0 Å². The molecule has 2 heteroatoms. The first kappa shape index (κ1) is 12.3. The summed E-state index contributed by atoms with van der Waals surface area (Å²) in [5.74, 6) is 0. The average molecular weight is 208 g/mol. The quantitative estimate of drug-likeness (QED) is 0.786. The van der Waals surface area contributed by atoms with E-state index in [0.29, 0.717) is 6.04 Å². The molecule has 1 heterocycles. The molecule has 1 N–H and O–H groups in total. The monoisotopic (exact) mass is 208 g/mol. The third kappa shape index (κ3) is 2.63. The van der Waals surface area contributed by atoms with Crippen molar-refractivity contribution in [3.8, 4) is 0 Å². The number of nitrogens with zero attached hydrogens (tertiary/aromatic N) is 1. The standard InChI is InChI=1S/C13H24N2/c1-6-10(3)15-11(4)8-13(12(15)5)9-14-7-2/h8,10,14H,6-7,9H2,1-5H3. The van der Waals surface area contributed by atoms with Gasteiger partial charge in [0, 0.05) is 24.0 Å². The highest BCUT2D eigenvalue weighted by molar-refractivity contribution is 5.27. The van der Waals surface area contributed by atoms with Crippen LogP contribution in [-0.2, 0) is 6.54 Å². The molecule has 0 aliphatic heterocycles. The van der Waals surface area contributed by atoms with Crippen LogP contribution in [0.4, 0.5) is 0 Å². The van der Waals surface area contributed by atoms with Gasteiger partial charge < -0.3 is 9.88 Å². The fourth-order valence-electron chi connectivity index (χ4n) is 2.14. The summed E-state index contributed by atoms with van der Waals surface area (Å²) >= 11 is 0. The van der Waals surface area contributed by atoms with E-state index in [9.17, 15) is 0 Å². The minimum absolute atomic E-state index is 0.611. The summed E-state index contributed by atoms with van der Waals surface area (Å²) in [6, 6.07) is 2.92. The summed E-state index contributed by atoms with van der Waals surface area (Å²) in [5, 5.41) is 3.39. The predicted molar refractivity (Wildman–Crippen MR) is 66.3 cm³/mol. The molecule has 0 aliphatic rings. The highest BCUT2D eigenvalue weighted by Crippen LogP contribution is 2.21. The third-order valence-corrected chi connectivity index (χ3v) is 3.19. The first-order valence-electron chi connectivity index (χ1n) is 5.99. The van der Waals surface area contributed by atoms with Gasteiger partial charge in [0.25, 0.3) is 0 Å². The summed E-state index contributed by atoms with van der Waals surface area (Å²) in [5.41, 5.74) is 4.24. The molecule has 0 saturated carbocycles. The molecule has 1 unspecified atom stereocenters. The summed E-state index contributed by atoms with van der Waals surface area (Å²) in [6.07, 6.45) is 1.19. The summed E-state index contributed by atoms with van der Waals surface area (Å²) in [4.78, 5) is 0. The van der Waals surface area contributed by atoms with Gasteiger partial charge in [0.05, 0.1) is 0 Å². The van der Waals surface area contributed by atoms with E-state index in [2.05, 4.69) is 50.6 Å². The zero-order chi connectivity index (χ0) is 11.4. The molecule has 1 rings (SSSR count). The number of hydrogen-bond donors (Lipinski definition) is 1. The third-order valence-electron chi connectivity index (χ3n) is 3.19. The maximum absolute atomic E-state index is 3.39. The van der Waals surface area contributed by atoms with Crippen LogP contribution in [0.2, 0.25) is 0 Å². The highest BCUT2D eigenvalue weighted by atomic mass is 15.0. The fraction of sp³-hybridized carbons (Fsp3) is 0.692. The molecule has 1 aromatic rings. The van der Waals surface area contributed by atoms with Gasteiger partial charge in [-0.05, 0) is 45.4 Å². The Balaban J connectivity index is 2.93. The number of aromatic nitrogens is 1. The molecule has 86 valence electrons. The van der Waals surface area contributed by atoms with Gasteiger partial charge in [0.15, 0.2) is 0 Å². The molecule has 1 aromatic heterocycles. The number of rotatable bonds is 5. The van der Waals surface area contributed by atoms with Crippen LogP contribution in [0.1, 0.15) is 50.2 Å². The second-order valence-electron chi connectivity index (χ2n) is 4.30. The molecule has 0 radical (unpaired) electrons. The summed E-state index contributed by atoms with van der Waals surface area (Å²) < 4.78 is 2.45. The van der Waals surface area contributed by atoms with E-state index in [-0.39, 0.29) is 0 Å². The zero-order valence-electron chi connectivity index (χ0n) is 10.7. The maximum atomic E-state index is 3.39. The summed E-state index contributed by atoms with van der Waals surface area (Å²) in [6.45, 7) is 13.1. The minimum Gasteiger partial charge on any atom is -0.346 e. The van der Waals surface area contributed by atoms with Crippen molar-refractivity contribution in [1.29, 1.82) is 0 Å². The molecular formula is C13H24N2. The zero-order valence-corrected chi connectivity index (χ0v) is 10.7. The molecule has 0 aromatic carbocycles. The van der Waals surface area contributed by atoms with Crippen molar-refractivity contribution in [3.63, 3.8) is 0 Å². The van der Waals surface area contributed by atoms with Gasteiger partial charge in [0.2, 0.25) is 0 Å². The Hall–Kier alpha value is -0.760. The largest absolute Gasteiger partial charge is 0.346 e. The normalized spacial score (nSPS) is 13.1. The van der Waals surface area contributed by atoms with E-state index < -0.39 is 0 Å². The maximum Gasteiger partial charge on any atom is 0.0305 e. The molecule has 1 atom stereocenters. The van der Waals surface area contributed by atoms with E-state index in [1.807, 2.05) is 0 Å².